The summed E-state index contributed by atoms with van der Waals surface area (Å²) < 4.78 is 5.33. The molecule has 0 atom stereocenters. The van der Waals surface area contributed by atoms with E-state index < -0.39 is 0 Å². The van der Waals surface area contributed by atoms with Gasteiger partial charge in [0.1, 0.15) is 0 Å². The number of rotatable bonds is 1. The third-order valence-electron chi connectivity index (χ3n) is 2.77. The molecule has 0 radical (unpaired) electrons. The normalized spacial score (nSPS) is 26.9. The van der Waals surface area contributed by atoms with E-state index in [-0.39, 0.29) is 5.54 Å². The number of nitrogens with one attached hydrogen (secondary N) is 1. The van der Waals surface area contributed by atoms with E-state index in [0.29, 0.717) is 0 Å². The van der Waals surface area contributed by atoms with E-state index in [4.69, 9.17) is 4.74 Å². The highest BCUT2D eigenvalue weighted by molar-refractivity contribution is 5.84. The highest BCUT2D eigenvalue weighted by Gasteiger charge is 2.36. The maximum atomic E-state index is 5.33. The lowest BCUT2D eigenvalue weighted by Gasteiger charge is -2.33. The van der Waals surface area contributed by atoms with Gasteiger partial charge >= 0.3 is 0 Å². The Morgan fingerprint density at radius 1 is 1.50 bits per heavy atom. The fourth-order valence-electron chi connectivity index (χ4n) is 1.88. The van der Waals surface area contributed by atoms with Crippen molar-refractivity contribution < 1.29 is 4.74 Å². The molecule has 2 aliphatic heterocycles. The summed E-state index contributed by atoms with van der Waals surface area (Å²) >= 11 is 0. The van der Waals surface area contributed by atoms with Crippen molar-refractivity contribution >= 4 is 5.84 Å². The van der Waals surface area contributed by atoms with Crippen LogP contribution in [0.2, 0.25) is 0 Å². The van der Waals surface area contributed by atoms with E-state index in [1.165, 1.54) is 5.84 Å². The molecule has 0 unspecified atom stereocenters. The lowest BCUT2D eigenvalue weighted by atomic mass is 9.91. The van der Waals surface area contributed by atoms with Gasteiger partial charge in [0.05, 0.1) is 17.9 Å². The fourth-order valence-corrected chi connectivity index (χ4v) is 1.88. The summed E-state index contributed by atoms with van der Waals surface area (Å²) in [5, 5.41) is 3.53. The second-order valence-electron chi connectivity index (χ2n) is 3.63. The van der Waals surface area contributed by atoms with Gasteiger partial charge in [-0.05, 0) is 12.8 Å². The summed E-state index contributed by atoms with van der Waals surface area (Å²) in [6.07, 6.45) is 3.25. The summed E-state index contributed by atoms with van der Waals surface area (Å²) in [6.45, 7) is 4.88. The Hall–Kier alpha value is -0.570. The van der Waals surface area contributed by atoms with E-state index in [2.05, 4.69) is 17.2 Å². The predicted octanol–water partition coefficient (Wildman–Crippen LogP) is 0.947. The zero-order valence-corrected chi connectivity index (χ0v) is 7.60. The van der Waals surface area contributed by atoms with Crippen LogP contribution in [0, 0.1) is 0 Å². The molecule has 3 nitrogen and oxygen atoms in total. The zero-order valence-electron chi connectivity index (χ0n) is 7.60. The summed E-state index contributed by atoms with van der Waals surface area (Å²) in [4.78, 5) is 4.48. The summed E-state index contributed by atoms with van der Waals surface area (Å²) in [5.41, 5.74) is 0.267. The Bertz CT molecular complexity index is 195. The number of aliphatic imine (C=N–C) groups is 1. The van der Waals surface area contributed by atoms with Gasteiger partial charge in [-0.3, -0.25) is 4.99 Å². The van der Waals surface area contributed by atoms with Crippen LogP contribution in [0.5, 0.6) is 0 Å². The lowest BCUT2D eigenvalue weighted by molar-refractivity contribution is 0.0520. The van der Waals surface area contributed by atoms with E-state index in [1.807, 2.05) is 0 Å². The van der Waals surface area contributed by atoms with E-state index in [1.54, 1.807) is 0 Å². The first-order valence-corrected chi connectivity index (χ1v) is 4.74. The van der Waals surface area contributed by atoms with Gasteiger partial charge in [-0.1, -0.05) is 6.92 Å². The summed E-state index contributed by atoms with van der Waals surface area (Å²) in [5.74, 6) is 1.18. The van der Waals surface area contributed by atoms with Gasteiger partial charge in [-0.2, -0.15) is 0 Å². The van der Waals surface area contributed by atoms with Crippen LogP contribution >= 0.6 is 0 Å². The molecule has 0 aromatic rings. The highest BCUT2D eigenvalue weighted by atomic mass is 16.5. The molecule has 0 saturated carbocycles. The fraction of sp³-hybridized carbons (Fsp3) is 0.889. The van der Waals surface area contributed by atoms with Crippen molar-refractivity contribution in [2.24, 2.45) is 4.99 Å². The van der Waals surface area contributed by atoms with Gasteiger partial charge in [-0.25, -0.2) is 0 Å². The van der Waals surface area contributed by atoms with Gasteiger partial charge in [0.25, 0.3) is 0 Å². The number of hydrogen-bond acceptors (Lipinski definition) is 3. The topological polar surface area (TPSA) is 33.6 Å². The largest absolute Gasteiger partial charge is 0.381 e. The highest BCUT2D eigenvalue weighted by Crippen LogP contribution is 2.24. The molecular weight excluding hydrogens is 152 g/mol. The Kier molecular flexibility index (Phi) is 2.05. The Morgan fingerprint density at radius 2 is 2.25 bits per heavy atom. The number of ether oxygens (including phenoxy) is 1. The monoisotopic (exact) mass is 168 g/mol. The standard InChI is InChI=1S/C9H16N2O/c1-2-8-10-7-9(11-8)3-5-12-6-4-9/h2-7H2,1H3,(H,10,11). The Labute approximate surface area is 73.2 Å². The molecule has 68 valence electrons. The van der Waals surface area contributed by atoms with Gasteiger partial charge in [0.2, 0.25) is 0 Å². The molecule has 12 heavy (non-hydrogen) atoms. The van der Waals surface area contributed by atoms with Gasteiger partial charge in [-0.15, -0.1) is 0 Å². The molecule has 1 fully saturated rings. The number of amidine groups is 1. The minimum Gasteiger partial charge on any atom is -0.381 e. The van der Waals surface area contributed by atoms with Crippen LogP contribution < -0.4 is 5.32 Å². The van der Waals surface area contributed by atoms with Crippen molar-refractivity contribution in [3.8, 4) is 0 Å². The Balaban J connectivity index is 1.97. The summed E-state index contributed by atoms with van der Waals surface area (Å²) in [7, 11) is 0. The van der Waals surface area contributed by atoms with Crippen molar-refractivity contribution in [2.75, 3.05) is 19.8 Å². The van der Waals surface area contributed by atoms with Gasteiger partial charge < -0.3 is 10.1 Å². The molecule has 0 aliphatic carbocycles. The summed E-state index contributed by atoms with van der Waals surface area (Å²) in [6, 6.07) is 0. The van der Waals surface area contributed by atoms with Crippen LogP contribution in [0.4, 0.5) is 0 Å². The molecule has 1 saturated heterocycles. The molecule has 0 amide bonds. The first-order chi connectivity index (χ1) is 5.85. The third-order valence-corrected chi connectivity index (χ3v) is 2.77. The minimum atomic E-state index is 0.267. The van der Waals surface area contributed by atoms with Crippen LogP contribution in [0.3, 0.4) is 0 Å². The number of hydrogen-bond donors (Lipinski definition) is 1. The van der Waals surface area contributed by atoms with Crippen molar-refractivity contribution in [3.05, 3.63) is 0 Å². The molecule has 2 aliphatic rings. The van der Waals surface area contributed by atoms with Crippen LogP contribution in [-0.2, 0) is 4.74 Å². The van der Waals surface area contributed by atoms with Crippen LogP contribution in [0.15, 0.2) is 4.99 Å². The maximum Gasteiger partial charge on any atom is 0.0966 e. The van der Waals surface area contributed by atoms with Gasteiger partial charge in [0.15, 0.2) is 0 Å². The SMILES string of the molecule is CCC1=NCC2(CCOCC2)N1. The number of nitrogens with zero attached hydrogens (tertiary/aromatic N) is 1. The zero-order chi connectivity index (χ0) is 8.44. The quantitative estimate of drug-likeness (QED) is 0.632. The third kappa shape index (κ3) is 1.33. The lowest BCUT2D eigenvalue weighted by Crippen LogP contribution is -2.49. The maximum absolute atomic E-state index is 5.33. The molecule has 2 heterocycles. The smallest absolute Gasteiger partial charge is 0.0966 e. The van der Waals surface area contributed by atoms with Crippen molar-refractivity contribution in [2.45, 2.75) is 31.7 Å². The molecule has 0 aromatic carbocycles. The van der Waals surface area contributed by atoms with Crippen molar-refractivity contribution in [3.63, 3.8) is 0 Å². The average molecular weight is 168 g/mol. The van der Waals surface area contributed by atoms with Crippen LogP contribution in [0.25, 0.3) is 0 Å². The second kappa shape index (κ2) is 3.05. The molecule has 0 aromatic heterocycles. The molecule has 2 rings (SSSR count). The van der Waals surface area contributed by atoms with Crippen molar-refractivity contribution in [1.82, 2.24) is 5.32 Å². The average Bonchev–Trinajstić information content (AvgIpc) is 2.50. The van der Waals surface area contributed by atoms with E-state index in [0.717, 1.165) is 39.0 Å². The van der Waals surface area contributed by atoms with E-state index in [9.17, 15) is 0 Å². The molecule has 3 heteroatoms. The first kappa shape index (κ1) is 8.05. The van der Waals surface area contributed by atoms with Crippen LogP contribution in [-0.4, -0.2) is 31.1 Å². The predicted molar refractivity (Wildman–Crippen MR) is 48.5 cm³/mol. The molecule has 1 N–H and O–H groups in total. The first-order valence-electron chi connectivity index (χ1n) is 4.74. The second-order valence-corrected chi connectivity index (χ2v) is 3.63. The van der Waals surface area contributed by atoms with Crippen molar-refractivity contribution in [1.29, 1.82) is 0 Å². The molecular formula is C9H16N2O. The Morgan fingerprint density at radius 3 is 2.83 bits per heavy atom. The van der Waals surface area contributed by atoms with E-state index >= 15 is 0 Å². The van der Waals surface area contributed by atoms with Crippen LogP contribution in [0.1, 0.15) is 26.2 Å². The molecule has 0 bridgehead atoms. The minimum absolute atomic E-state index is 0.267. The molecule has 1 spiro atoms. The van der Waals surface area contributed by atoms with Gasteiger partial charge in [0, 0.05) is 19.6 Å².